The molecule has 76 valence electrons. The van der Waals surface area contributed by atoms with Crippen LogP contribution in [0, 0.1) is 13.8 Å². The van der Waals surface area contributed by atoms with Crippen molar-refractivity contribution in [1.29, 1.82) is 0 Å². The van der Waals surface area contributed by atoms with Gasteiger partial charge in [0.05, 0.1) is 6.54 Å². The minimum atomic E-state index is -0.231. The average molecular weight is 193 g/mol. The van der Waals surface area contributed by atoms with Crippen LogP contribution in [0.1, 0.15) is 11.1 Å². The van der Waals surface area contributed by atoms with Crippen molar-refractivity contribution in [3.05, 3.63) is 29.3 Å². The molecule has 4 heteroatoms. The molecule has 1 amide bonds. The molecule has 0 radical (unpaired) electrons. The molecule has 4 N–H and O–H groups in total. The molecule has 0 saturated heterocycles. The summed E-state index contributed by atoms with van der Waals surface area (Å²) in [6.07, 6.45) is 0. The van der Waals surface area contributed by atoms with Gasteiger partial charge in [0.25, 0.3) is 5.91 Å². The highest BCUT2D eigenvalue weighted by Crippen LogP contribution is 2.15. The summed E-state index contributed by atoms with van der Waals surface area (Å²) in [6, 6.07) is 6.04. The Labute approximate surface area is 83.5 Å². The van der Waals surface area contributed by atoms with Crippen molar-refractivity contribution in [2.45, 2.75) is 13.8 Å². The molecule has 0 fully saturated rings. The summed E-state index contributed by atoms with van der Waals surface area (Å²) in [5.41, 5.74) is 5.30. The van der Waals surface area contributed by atoms with Crippen LogP contribution in [-0.4, -0.2) is 12.5 Å². The second kappa shape index (κ2) is 4.62. The number of amides is 1. The monoisotopic (exact) mass is 193 g/mol. The fourth-order valence-corrected chi connectivity index (χ4v) is 1.15. The van der Waals surface area contributed by atoms with Crippen LogP contribution in [0.25, 0.3) is 0 Å². The van der Waals surface area contributed by atoms with E-state index in [1.807, 2.05) is 32.0 Å². The largest absolute Gasteiger partial charge is 0.376 e. The highest BCUT2D eigenvalue weighted by atomic mass is 16.2. The van der Waals surface area contributed by atoms with Gasteiger partial charge < -0.3 is 5.32 Å². The van der Waals surface area contributed by atoms with Crippen LogP contribution in [0.5, 0.6) is 0 Å². The number of nitrogens with two attached hydrogens (primary N) is 1. The third kappa shape index (κ3) is 2.74. The summed E-state index contributed by atoms with van der Waals surface area (Å²) >= 11 is 0. The predicted molar refractivity (Wildman–Crippen MR) is 56.7 cm³/mol. The second-order valence-corrected chi connectivity index (χ2v) is 3.24. The molecule has 1 aromatic carbocycles. The lowest BCUT2D eigenvalue weighted by Gasteiger charge is -2.09. The SMILES string of the molecule is Cc1ccc(C)c(NCC(=O)NN)c1. The van der Waals surface area contributed by atoms with Gasteiger partial charge in [-0.1, -0.05) is 12.1 Å². The molecule has 14 heavy (non-hydrogen) atoms. The van der Waals surface area contributed by atoms with Crippen molar-refractivity contribution in [1.82, 2.24) is 5.43 Å². The van der Waals surface area contributed by atoms with Crippen molar-refractivity contribution in [3.8, 4) is 0 Å². The van der Waals surface area contributed by atoms with Gasteiger partial charge in [-0.25, -0.2) is 5.84 Å². The standard InChI is InChI=1S/C10H15N3O/c1-7-3-4-8(2)9(5-7)12-6-10(14)13-11/h3-5,12H,6,11H2,1-2H3,(H,13,14). The number of hydrogen-bond acceptors (Lipinski definition) is 3. The molecule has 1 rings (SSSR count). The molecule has 0 aliphatic heterocycles. The highest BCUT2D eigenvalue weighted by Gasteiger charge is 2.00. The molecular weight excluding hydrogens is 178 g/mol. The first-order chi connectivity index (χ1) is 6.63. The Morgan fingerprint density at radius 3 is 2.79 bits per heavy atom. The Balaban J connectivity index is 2.66. The molecule has 0 heterocycles. The van der Waals surface area contributed by atoms with Gasteiger partial charge in [0.15, 0.2) is 0 Å². The molecule has 1 aromatic rings. The lowest BCUT2D eigenvalue weighted by molar-refractivity contribution is -0.119. The minimum absolute atomic E-state index is 0.195. The molecule has 0 saturated carbocycles. The summed E-state index contributed by atoms with van der Waals surface area (Å²) in [6.45, 7) is 4.19. The first-order valence-corrected chi connectivity index (χ1v) is 4.44. The molecule has 0 aromatic heterocycles. The maximum Gasteiger partial charge on any atom is 0.253 e. The smallest absolute Gasteiger partial charge is 0.253 e. The van der Waals surface area contributed by atoms with Gasteiger partial charge in [0.2, 0.25) is 0 Å². The van der Waals surface area contributed by atoms with Gasteiger partial charge in [-0.2, -0.15) is 0 Å². The van der Waals surface area contributed by atoms with E-state index in [0.717, 1.165) is 16.8 Å². The maximum atomic E-state index is 10.9. The van der Waals surface area contributed by atoms with Crippen LogP contribution in [0.15, 0.2) is 18.2 Å². The number of anilines is 1. The Bertz CT molecular complexity index is 336. The van der Waals surface area contributed by atoms with Crippen LogP contribution in [0.4, 0.5) is 5.69 Å². The number of hydrazine groups is 1. The van der Waals surface area contributed by atoms with Gasteiger partial charge in [0, 0.05) is 5.69 Å². The van der Waals surface area contributed by atoms with Crippen LogP contribution < -0.4 is 16.6 Å². The third-order valence-electron chi connectivity index (χ3n) is 1.99. The quantitative estimate of drug-likeness (QED) is 0.376. The topological polar surface area (TPSA) is 67.2 Å². The molecule has 0 atom stereocenters. The lowest BCUT2D eigenvalue weighted by Crippen LogP contribution is -2.35. The van der Waals surface area contributed by atoms with E-state index >= 15 is 0 Å². The van der Waals surface area contributed by atoms with Gasteiger partial charge in [-0.3, -0.25) is 10.2 Å². The number of carbonyl (C=O) groups excluding carboxylic acids is 1. The van der Waals surface area contributed by atoms with E-state index in [4.69, 9.17) is 5.84 Å². The zero-order chi connectivity index (χ0) is 10.6. The van der Waals surface area contributed by atoms with E-state index in [0.29, 0.717) is 0 Å². The lowest BCUT2D eigenvalue weighted by atomic mass is 10.1. The predicted octanol–water partition coefficient (Wildman–Crippen LogP) is 0.705. The molecule has 0 aliphatic rings. The molecule has 0 bridgehead atoms. The van der Waals surface area contributed by atoms with Crippen molar-refractivity contribution < 1.29 is 4.79 Å². The zero-order valence-corrected chi connectivity index (χ0v) is 8.42. The maximum absolute atomic E-state index is 10.9. The van der Waals surface area contributed by atoms with E-state index in [1.165, 1.54) is 0 Å². The number of carbonyl (C=O) groups is 1. The van der Waals surface area contributed by atoms with Gasteiger partial charge in [-0.15, -0.1) is 0 Å². The fraction of sp³-hybridized carbons (Fsp3) is 0.300. The zero-order valence-electron chi connectivity index (χ0n) is 8.42. The van der Waals surface area contributed by atoms with Crippen molar-refractivity contribution >= 4 is 11.6 Å². The van der Waals surface area contributed by atoms with Crippen LogP contribution in [0.2, 0.25) is 0 Å². The summed E-state index contributed by atoms with van der Waals surface area (Å²) in [4.78, 5) is 10.9. The first kappa shape index (κ1) is 10.5. The summed E-state index contributed by atoms with van der Waals surface area (Å²) in [5, 5.41) is 3.01. The fourth-order valence-electron chi connectivity index (χ4n) is 1.15. The molecule has 0 aliphatic carbocycles. The minimum Gasteiger partial charge on any atom is -0.376 e. The normalized spacial score (nSPS) is 9.64. The van der Waals surface area contributed by atoms with Crippen molar-refractivity contribution in [2.75, 3.05) is 11.9 Å². The molecule has 0 spiro atoms. The van der Waals surface area contributed by atoms with Gasteiger partial charge in [-0.05, 0) is 31.0 Å². The van der Waals surface area contributed by atoms with E-state index in [2.05, 4.69) is 10.7 Å². The summed E-state index contributed by atoms with van der Waals surface area (Å²) < 4.78 is 0. The van der Waals surface area contributed by atoms with Gasteiger partial charge >= 0.3 is 0 Å². The van der Waals surface area contributed by atoms with Crippen LogP contribution >= 0.6 is 0 Å². The number of hydrogen-bond donors (Lipinski definition) is 3. The van der Waals surface area contributed by atoms with E-state index in [9.17, 15) is 4.79 Å². The number of benzene rings is 1. The number of rotatable bonds is 3. The third-order valence-corrected chi connectivity index (χ3v) is 1.99. The van der Waals surface area contributed by atoms with E-state index in [-0.39, 0.29) is 12.5 Å². The Kier molecular flexibility index (Phi) is 3.48. The molecular formula is C10H15N3O. The molecule has 0 unspecified atom stereocenters. The van der Waals surface area contributed by atoms with Gasteiger partial charge in [0.1, 0.15) is 0 Å². The Morgan fingerprint density at radius 1 is 1.43 bits per heavy atom. The Morgan fingerprint density at radius 2 is 2.14 bits per heavy atom. The number of aryl methyl sites for hydroxylation is 2. The first-order valence-electron chi connectivity index (χ1n) is 4.44. The van der Waals surface area contributed by atoms with Crippen molar-refractivity contribution in [3.63, 3.8) is 0 Å². The average Bonchev–Trinajstić information content (AvgIpc) is 2.19. The second-order valence-electron chi connectivity index (χ2n) is 3.24. The van der Waals surface area contributed by atoms with Crippen LogP contribution in [0.3, 0.4) is 0 Å². The Hall–Kier alpha value is -1.55. The molecule has 4 nitrogen and oxygen atoms in total. The van der Waals surface area contributed by atoms with E-state index in [1.54, 1.807) is 0 Å². The van der Waals surface area contributed by atoms with E-state index < -0.39 is 0 Å². The highest BCUT2D eigenvalue weighted by molar-refractivity contribution is 5.80. The summed E-state index contributed by atoms with van der Waals surface area (Å²) in [7, 11) is 0. The van der Waals surface area contributed by atoms with Crippen molar-refractivity contribution in [2.24, 2.45) is 5.84 Å². The number of nitrogens with one attached hydrogen (secondary N) is 2. The summed E-state index contributed by atoms with van der Waals surface area (Å²) in [5.74, 6) is 4.73. The van der Waals surface area contributed by atoms with Crippen LogP contribution in [-0.2, 0) is 4.79 Å².